The molecule has 0 saturated heterocycles. The zero-order valence-corrected chi connectivity index (χ0v) is 13.5. The van der Waals surface area contributed by atoms with Gasteiger partial charge in [0.1, 0.15) is 5.82 Å². The number of aryl methyl sites for hydroxylation is 1. The van der Waals surface area contributed by atoms with Crippen LogP contribution >= 0.6 is 34.2 Å². The fourth-order valence-electron chi connectivity index (χ4n) is 1.80. The van der Waals surface area contributed by atoms with Gasteiger partial charge in [0.2, 0.25) is 0 Å². The van der Waals surface area contributed by atoms with Crippen LogP contribution in [0.25, 0.3) is 0 Å². The zero-order valence-electron chi connectivity index (χ0n) is 10.6. The molecule has 2 rings (SSSR count). The zero-order chi connectivity index (χ0) is 14.9. The summed E-state index contributed by atoms with van der Waals surface area (Å²) in [5.41, 5.74) is -0.153. The molecule has 0 aliphatic carbocycles. The van der Waals surface area contributed by atoms with Crippen LogP contribution in [0.1, 0.15) is 12.5 Å². The highest BCUT2D eigenvalue weighted by atomic mass is 127. The van der Waals surface area contributed by atoms with Crippen LogP contribution in [-0.2, 0) is 13.1 Å². The van der Waals surface area contributed by atoms with Crippen molar-refractivity contribution >= 4 is 34.2 Å². The van der Waals surface area contributed by atoms with Crippen LogP contribution in [0.5, 0.6) is 0 Å². The van der Waals surface area contributed by atoms with Gasteiger partial charge in [-0.2, -0.15) is 0 Å². The molecule has 1 heterocycles. The summed E-state index contributed by atoms with van der Waals surface area (Å²) in [6.45, 7) is 2.36. The molecule has 1 aromatic heterocycles. The topological polar surface area (TPSA) is 44.0 Å². The number of benzene rings is 1. The van der Waals surface area contributed by atoms with Crippen molar-refractivity contribution in [1.82, 2.24) is 9.13 Å². The van der Waals surface area contributed by atoms with Gasteiger partial charge in [-0.15, -0.1) is 0 Å². The minimum atomic E-state index is -0.531. The molecule has 0 aliphatic heterocycles. The lowest BCUT2D eigenvalue weighted by atomic mass is 10.2. The summed E-state index contributed by atoms with van der Waals surface area (Å²) in [6.07, 6.45) is 1.53. The fraction of sp³-hybridized carbons (Fsp3) is 0.231. The number of nitrogens with zero attached hydrogens (tertiary/aromatic N) is 2. The molecule has 0 bridgehead atoms. The molecular formula is C13H11ClFIN2O2. The normalized spacial score (nSPS) is 10.8. The largest absolute Gasteiger partial charge is 0.331 e. The Labute approximate surface area is 132 Å². The minimum Gasteiger partial charge on any atom is -0.300 e. The summed E-state index contributed by atoms with van der Waals surface area (Å²) in [5.74, 6) is -0.531. The van der Waals surface area contributed by atoms with E-state index in [2.05, 4.69) is 0 Å². The quantitative estimate of drug-likeness (QED) is 0.733. The monoisotopic (exact) mass is 408 g/mol. The first-order valence-electron chi connectivity index (χ1n) is 5.87. The summed E-state index contributed by atoms with van der Waals surface area (Å²) >= 11 is 7.59. The number of aromatic nitrogens is 2. The van der Waals surface area contributed by atoms with Crippen LogP contribution in [0.4, 0.5) is 4.39 Å². The minimum absolute atomic E-state index is 0.0306. The van der Waals surface area contributed by atoms with Gasteiger partial charge in [0.25, 0.3) is 5.56 Å². The Morgan fingerprint density at radius 3 is 2.65 bits per heavy atom. The van der Waals surface area contributed by atoms with Gasteiger partial charge in [-0.25, -0.2) is 9.18 Å². The summed E-state index contributed by atoms with van der Waals surface area (Å²) < 4.78 is 16.1. The van der Waals surface area contributed by atoms with E-state index < -0.39 is 11.5 Å². The van der Waals surface area contributed by atoms with Gasteiger partial charge >= 0.3 is 5.69 Å². The van der Waals surface area contributed by atoms with Gasteiger partial charge in [-0.3, -0.25) is 13.9 Å². The Kier molecular flexibility index (Phi) is 4.64. The Morgan fingerprint density at radius 2 is 2.05 bits per heavy atom. The second-order valence-corrected chi connectivity index (χ2v) is 5.75. The summed E-state index contributed by atoms with van der Waals surface area (Å²) in [5, 5.41) is -0.0306. The molecule has 0 fully saturated rings. The number of rotatable bonds is 3. The molecule has 0 N–H and O–H groups in total. The summed E-state index contributed by atoms with van der Waals surface area (Å²) in [4.78, 5) is 24.2. The molecule has 20 heavy (non-hydrogen) atoms. The first-order valence-corrected chi connectivity index (χ1v) is 7.33. The van der Waals surface area contributed by atoms with Gasteiger partial charge in [-0.1, -0.05) is 17.7 Å². The van der Waals surface area contributed by atoms with Crippen LogP contribution in [-0.4, -0.2) is 9.13 Å². The molecule has 0 spiro atoms. The highest BCUT2D eigenvalue weighted by Gasteiger charge is 2.10. The summed E-state index contributed by atoms with van der Waals surface area (Å²) in [6, 6.07) is 4.14. The first kappa shape index (κ1) is 15.2. The molecule has 1 aromatic carbocycles. The molecule has 2 aromatic rings. The second-order valence-electron chi connectivity index (χ2n) is 4.19. The van der Waals surface area contributed by atoms with Crippen molar-refractivity contribution in [2.24, 2.45) is 0 Å². The van der Waals surface area contributed by atoms with E-state index in [1.165, 1.54) is 29.0 Å². The maximum Gasteiger partial charge on any atom is 0.331 e. The van der Waals surface area contributed by atoms with Crippen molar-refractivity contribution in [3.8, 4) is 0 Å². The number of hydrogen-bond donors (Lipinski definition) is 0. The first-order chi connectivity index (χ1) is 9.43. The average molecular weight is 409 g/mol. The molecule has 0 atom stereocenters. The van der Waals surface area contributed by atoms with E-state index in [9.17, 15) is 14.0 Å². The molecule has 106 valence electrons. The van der Waals surface area contributed by atoms with E-state index in [4.69, 9.17) is 11.6 Å². The lowest BCUT2D eigenvalue weighted by Gasteiger charge is -2.10. The second kappa shape index (κ2) is 6.09. The lowest BCUT2D eigenvalue weighted by molar-refractivity contribution is 0.592. The van der Waals surface area contributed by atoms with Crippen molar-refractivity contribution in [3.63, 3.8) is 0 Å². The SMILES string of the molecule is CCn1cc(I)c(=O)n(Cc2ccc(F)c(Cl)c2)c1=O. The van der Waals surface area contributed by atoms with E-state index in [1.807, 2.05) is 29.5 Å². The Bertz CT molecular complexity index is 770. The average Bonchev–Trinajstić information content (AvgIpc) is 2.42. The smallest absolute Gasteiger partial charge is 0.300 e. The Balaban J connectivity index is 2.53. The molecule has 0 amide bonds. The lowest BCUT2D eigenvalue weighted by Crippen LogP contribution is -2.40. The van der Waals surface area contributed by atoms with Crippen LogP contribution in [0.3, 0.4) is 0 Å². The molecule has 4 nitrogen and oxygen atoms in total. The van der Waals surface area contributed by atoms with E-state index in [1.54, 1.807) is 0 Å². The van der Waals surface area contributed by atoms with Crippen LogP contribution in [0.15, 0.2) is 34.0 Å². The van der Waals surface area contributed by atoms with Crippen molar-refractivity contribution in [3.05, 3.63) is 65.2 Å². The third kappa shape index (κ3) is 2.95. The van der Waals surface area contributed by atoms with Crippen molar-refractivity contribution in [1.29, 1.82) is 0 Å². The summed E-state index contributed by atoms with van der Waals surface area (Å²) in [7, 11) is 0. The Hall–Kier alpha value is -1.15. The third-order valence-corrected chi connectivity index (χ3v) is 3.89. The van der Waals surface area contributed by atoms with Crippen LogP contribution < -0.4 is 11.2 Å². The van der Waals surface area contributed by atoms with Crippen LogP contribution in [0.2, 0.25) is 5.02 Å². The molecule has 7 heteroatoms. The Morgan fingerprint density at radius 1 is 1.35 bits per heavy atom. The predicted molar refractivity (Wildman–Crippen MR) is 83.9 cm³/mol. The maximum atomic E-state index is 13.1. The van der Waals surface area contributed by atoms with Gasteiger partial charge in [-0.05, 0) is 47.2 Å². The van der Waals surface area contributed by atoms with Crippen LogP contribution in [0, 0.1) is 9.39 Å². The molecular weight excluding hydrogens is 398 g/mol. The maximum absolute atomic E-state index is 13.1. The van der Waals surface area contributed by atoms with Gasteiger partial charge < -0.3 is 0 Å². The number of halogens is 3. The van der Waals surface area contributed by atoms with Gasteiger partial charge in [0, 0.05) is 12.7 Å². The van der Waals surface area contributed by atoms with E-state index >= 15 is 0 Å². The highest BCUT2D eigenvalue weighted by Crippen LogP contribution is 2.16. The number of hydrogen-bond acceptors (Lipinski definition) is 2. The highest BCUT2D eigenvalue weighted by molar-refractivity contribution is 14.1. The van der Waals surface area contributed by atoms with E-state index in [0.717, 1.165) is 4.57 Å². The predicted octanol–water partition coefficient (Wildman–Crippen LogP) is 2.48. The third-order valence-electron chi connectivity index (χ3n) is 2.86. The fourth-order valence-corrected chi connectivity index (χ4v) is 2.64. The molecule has 0 aliphatic rings. The van der Waals surface area contributed by atoms with Gasteiger partial charge in [0.15, 0.2) is 0 Å². The van der Waals surface area contributed by atoms with E-state index in [0.29, 0.717) is 15.7 Å². The molecule has 0 saturated carbocycles. The standard InChI is InChI=1S/C13H11ClFIN2O2/c1-2-17-7-11(16)12(19)18(13(17)20)6-8-3-4-10(15)9(14)5-8/h3-5,7H,2,6H2,1H3. The molecule has 0 unspecified atom stereocenters. The van der Waals surface area contributed by atoms with Crippen molar-refractivity contribution < 1.29 is 4.39 Å². The van der Waals surface area contributed by atoms with Gasteiger partial charge in [0.05, 0.1) is 15.1 Å². The molecule has 0 radical (unpaired) electrons. The van der Waals surface area contributed by atoms with Crippen molar-refractivity contribution in [2.75, 3.05) is 0 Å². The van der Waals surface area contributed by atoms with Crippen molar-refractivity contribution in [2.45, 2.75) is 20.0 Å². The van der Waals surface area contributed by atoms with E-state index in [-0.39, 0.29) is 17.1 Å².